The maximum absolute atomic E-state index is 14.4. The van der Waals surface area contributed by atoms with Gasteiger partial charge in [0.25, 0.3) is 5.56 Å². The fourth-order valence-corrected chi connectivity index (χ4v) is 6.90. The van der Waals surface area contributed by atoms with E-state index >= 15 is 0 Å². The molecule has 16 heteroatoms. The number of aromatic amines is 1. The quantitative estimate of drug-likeness (QED) is 0.335. The fraction of sp³-hybridized carbons (Fsp3) is 0.423. The van der Waals surface area contributed by atoms with Crippen LogP contribution in [0.1, 0.15) is 30.0 Å². The van der Waals surface area contributed by atoms with Crippen molar-refractivity contribution >= 4 is 50.0 Å². The van der Waals surface area contributed by atoms with E-state index in [1.807, 2.05) is 0 Å². The second kappa shape index (κ2) is 11.9. The second-order valence-corrected chi connectivity index (χ2v) is 13.1. The first-order valence-electron chi connectivity index (χ1n) is 12.8. The van der Waals surface area contributed by atoms with Gasteiger partial charge in [-0.05, 0) is 67.2 Å². The molecule has 1 fully saturated rings. The van der Waals surface area contributed by atoms with E-state index in [1.54, 1.807) is 0 Å². The van der Waals surface area contributed by atoms with Gasteiger partial charge in [-0.1, -0.05) is 30.1 Å². The van der Waals surface area contributed by atoms with Crippen LogP contribution in [0.2, 0.25) is 10.0 Å². The normalized spacial score (nSPS) is 16.6. The van der Waals surface area contributed by atoms with Crippen molar-refractivity contribution in [2.75, 3.05) is 25.9 Å². The van der Waals surface area contributed by atoms with Gasteiger partial charge in [0.2, 0.25) is 0 Å². The minimum absolute atomic E-state index is 0.000199. The number of nitrogens with zero attached hydrogens (tertiary/aromatic N) is 2. The van der Waals surface area contributed by atoms with Gasteiger partial charge in [-0.15, -0.1) is 0 Å². The Morgan fingerprint density at radius 1 is 1.24 bits per heavy atom. The Morgan fingerprint density at radius 2 is 1.93 bits per heavy atom. The summed E-state index contributed by atoms with van der Waals surface area (Å²) in [6, 6.07) is 3.51. The number of amides is 1. The van der Waals surface area contributed by atoms with E-state index < -0.39 is 73.9 Å². The molecule has 10 nitrogen and oxygen atoms in total. The molecule has 4 rings (SSSR count). The lowest BCUT2D eigenvalue weighted by Gasteiger charge is -2.32. The molecule has 42 heavy (non-hydrogen) atoms. The average molecular weight is 651 g/mol. The summed E-state index contributed by atoms with van der Waals surface area (Å²) >= 11 is 12.5. The smallest absolute Gasteiger partial charge is 0.416 e. The minimum atomic E-state index is -4.99. The number of halogens is 5. The monoisotopic (exact) mass is 650 g/mol. The van der Waals surface area contributed by atoms with E-state index in [1.165, 1.54) is 32.2 Å². The Hall–Kier alpha value is -3.07. The second-order valence-electron chi connectivity index (χ2n) is 10.0. The average Bonchev–Trinajstić information content (AvgIpc) is 3.44. The summed E-state index contributed by atoms with van der Waals surface area (Å²) < 4.78 is 69.0. The molecule has 0 aliphatic carbocycles. The predicted octanol–water partition coefficient (Wildman–Crippen LogP) is 3.99. The number of hydrogen-bond acceptors (Lipinski definition) is 6. The van der Waals surface area contributed by atoms with Crippen LogP contribution in [-0.2, 0) is 29.0 Å². The van der Waals surface area contributed by atoms with Crippen molar-refractivity contribution in [1.82, 2.24) is 19.8 Å². The first-order valence-corrected chi connectivity index (χ1v) is 15.2. The Balaban J connectivity index is 1.92. The summed E-state index contributed by atoms with van der Waals surface area (Å²) in [7, 11) is -2.55. The van der Waals surface area contributed by atoms with Crippen LogP contribution in [0.4, 0.5) is 18.0 Å². The number of fused-ring (bicyclic) bond motifs is 1. The van der Waals surface area contributed by atoms with Crippen molar-refractivity contribution in [1.29, 1.82) is 0 Å². The van der Waals surface area contributed by atoms with Gasteiger partial charge < -0.3 is 20.3 Å². The van der Waals surface area contributed by atoms with Crippen LogP contribution in [0.5, 0.6) is 0 Å². The lowest BCUT2D eigenvalue weighted by atomic mass is 9.89. The summed E-state index contributed by atoms with van der Waals surface area (Å²) in [4.78, 5) is 41.5. The summed E-state index contributed by atoms with van der Waals surface area (Å²) in [6.45, 7) is 1.76. The first kappa shape index (κ1) is 31.9. The molecule has 1 unspecified atom stereocenters. The zero-order valence-corrected chi connectivity index (χ0v) is 24.7. The Labute approximate surface area is 248 Å². The van der Waals surface area contributed by atoms with Crippen molar-refractivity contribution in [3.05, 3.63) is 71.8 Å². The highest BCUT2D eigenvalue weighted by atomic mass is 35.5. The number of rotatable bonds is 8. The number of nitrogens with one attached hydrogen (secondary N) is 2. The third-order valence-corrected chi connectivity index (χ3v) is 10.0. The Kier molecular flexibility index (Phi) is 9.03. The molecule has 1 aliphatic heterocycles. The molecule has 1 aromatic heterocycles. The predicted molar refractivity (Wildman–Crippen MR) is 151 cm³/mol. The maximum Gasteiger partial charge on any atom is 0.416 e. The molecule has 0 saturated carbocycles. The molecule has 0 bridgehead atoms. The number of sulfone groups is 1. The third kappa shape index (κ3) is 6.17. The molecular formula is C26H27Cl2F3N4O6S. The van der Waals surface area contributed by atoms with Crippen molar-refractivity contribution in [2.24, 2.45) is 5.92 Å². The molecule has 3 aromatic rings. The van der Waals surface area contributed by atoms with Gasteiger partial charge in [-0.2, -0.15) is 13.2 Å². The van der Waals surface area contributed by atoms with Crippen molar-refractivity contribution in [3.8, 4) is 0 Å². The maximum atomic E-state index is 14.4. The molecule has 3 N–H and O–H groups in total. The molecule has 1 saturated heterocycles. The van der Waals surface area contributed by atoms with Crippen LogP contribution in [0.15, 0.2) is 38.8 Å². The van der Waals surface area contributed by atoms with Crippen LogP contribution >= 0.6 is 23.2 Å². The minimum Gasteiger partial charge on any atom is -0.465 e. The van der Waals surface area contributed by atoms with Gasteiger partial charge in [0.05, 0.1) is 38.7 Å². The summed E-state index contributed by atoms with van der Waals surface area (Å²) in [5.74, 6) is -0.593. The van der Waals surface area contributed by atoms with Gasteiger partial charge in [0, 0.05) is 18.1 Å². The number of benzene rings is 2. The standard InChI is InChI=1S/C26H27Cl2F3N4O6S/c1-3-42(40,41)20-5-4-15(27)8-14(20)12-35-23(36)17-9-18(26(29,30)31)16(21(28)22(17)33-24(35)37)10-19(34(2)25(38)39)13-6-7-32-11-13/h4-5,8-9,13,19,32H,3,6-7,10-12H2,1-2H3,(H,33,37)(H,38,39)/t13?,19-/m1/s1. The molecule has 228 valence electrons. The highest BCUT2D eigenvalue weighted by Crippen LogP contribution is 2.40. The van der Waals surface area contributed by atoms with E-state index in [4.69, 9.17) is 23.2 Å². The molecule has 2 atom stereocenters. The first-order chi connectivity index (χ1) is 19.6. The SMILES string of the molecule is CCS(=O)(=O)c1ccc(Cl)cc1Cn1c(=O)[nH]c2c(Cl)c(C[C@H](C3CCNC3)N(C)C(=O)O)c(C(F)(F)F)cc2c1=O. The Bertz CT molecular complexity index is 1770. The Morgan fingerprint density at radius 3 is 2.50 bits per heavy atom. The fourth-order valence-electron chi connectivity index (χ4n) is 5.27. The van der Waals surface area contributed by atoms with E-state index in [-0.39, 0.29) is 32.7 Å². The highest BCUT2D eigenvalue weighted by molar-refractivity contribution is 7.91. The number of aromatic nitrogens is 2. The van der Waals surface area contributed by atoms with E-state index in [0.717, 1.165) is 4.90 Å². The summed E-state index contributed by atoms with van der Waals surface area (Å²) in [6.07, 6.45) is -6.23. The number of carbonyl (C=O) groups is 1. The third-order valence-electron chi connectivity index (χ3n) is 7.55. The van der Waals surface area contributed by atoms with Crippen LogP contribution in [0.3, 0.4) is 0 Å². The zero-order valence-electron chi connectivity index (χ0n) is 22.4. The molecule has 1 amide bonds. The largest absolute Gasteiger partial charge is 0.465 e. The number of alkyl halides is 3. The van der Waals surface area contributed by atoms with E-state index in [0.29, 0.717) is 30.1 Å². The number of H-pyrrole nitrogens is 1. The lowest BCUT2D eigenvalue weighted by Crippen LogP contribution is -2.44. The zero-order chi connectivity index (χ0) is 31.1. The van der Waals surface area contributed by atoms with Crippen LogP contribution in [-0.4, -0.2) is 66.0 Å². The number of likely N-dealkylation sites (N-methyl/N-ethyl adjacent to an activating group) is 1. The molecule has 2 heterocycles. The molecule has 0 spiro atoms. The topological polar surface area (TPSA) is 142 Å². The van der Waals surface area contributed by atoms with Gasteiger partial charge in [-0.3, -0.25) is 9.36 Å². The molecular weight excluding hydrogens is 624 g/mol. The van der Waals surface area contributed by atoms with Crippen LogP contribution < -0.4 is 16.6 Å². The van der Waals surface area contributed by atoms with E-state index in [9.17, 15) is 41.1 Å². The van der Waals surface area contributed by atoms with Gasteiger partial charge >= 0.3 is 18.0 Å². The summed E-state index contributed by atoms with van der Waals surface area (Å²) in [5.41, 5.74) is -4.23. The number of hydrogen-bond donors (Lipinski definition) is 3. The van der Waals surface area contributed by atoms with Crippen molar-refractivity contribution in [3.63, 3.8) is 0 Å². The van der Waals surface area contributed by atoms with Crippen molar-refractivity contribution < 1.29 is 31.5 Å². The highest BCUT2D eigenvalue weighted by Gasteiger charge is 2.39. The van der Waals surface area contributed by atoms with Gasteiger partial charge in [-0.25, -0.2) is 18.0 Å². The summed E-state index contributed by atoms with van der Waals surface area (Å²) in [5, 5.41) is 11.7. The van der Waals surface area contributed by atoms with Gasteiger partial charge in [0.15, 0.2) is 9.84 Å². The van der Waals surface area contributed by atoms with E-state index in [2.05, 4.69) is 10.3 Å². The molecule has 1 aliphatic rings. The van der Waals surface area contributed by atoms with Crippen LogP contribution in [0.25, 0.3) is 10.9 Å². The molecule has 2 aromatic carbocycles. The van der Waals surface area contributed by atoms with Crippen LogP contribution in [0, 0.1) is 5.92 Å². The van der Waals surface area contributed by atoms with Crippen molar-refractivity contribution in [2.45, 2.75) is 43.4 Å². The lowest BCUT2D eigenvalue weighted by molar-refractivity contribution is -0.138. The van der Waals surface area contributed by atoms with Gasteiger partial charge in [0.1, 0.15) is 0 Å². The molecule has 0 radical (unpaired) electrons. The number of carboxylic acid groups (broad SMARTS) is 1.